The van der Waals surface area contributed by atoms with Crippen molar-refractivity contribution in [1.29, 1.82) is 0 Å². The molecule has 0 aliphatic heterocycles. The highest BCUT2D eigenvalue weighted by Gasteiger charge is 2.09. The van der Waals surface area contributed by atoms with Gasteiger partial charge in [-0.05, 0) is 0 Å². The van der Waals surface area contributed by atoms with Crippen molar-refractivity contribution in [2.45, 2.75) is 6.54 Å². The van der Waals surface area contributed by atoms with Gasteiger partial charge in [-0.25, -0.2) is 19.9 Å². The highest BCUT2D eigenvalue weighted by molar-refractivity contribution is 7.13. The van der Waals surface area contributed by atoms with Crippen LogP contribution in [0.5, 0.6) is 0 Å². The van der Waals surface area contributed by atoms with E-state index in [4.69, 9.17) is 11.5 Å². The van der Waals surface area contributed by atoms with Crippen LogP contribution in [0.3, 0.4) is 0 Å². The van der Waals surface area contributed by atoms with Crippen molar-refractivity contribution in [1.82, 2.24) is 24.5 Å². The fraction of sp³-hybridized carbons (Fsp3) is 0.111. The third kappa shape index (κ3) is 1.68. The maximum Gasteiger partial charge on any atom is 0.180 e. The quantitative estimate of drug-likeness (QED) is 0.682. The molecule has 0 saturated heterocycles. The van der Waals surface area contributed by atoms with Gasteiger partial charge in [0.1, 0.15) is 11.8 Å². The van der Waals surface area contributed by atoms with Crippen LogP contribution in [-0.4, -0.2) is 24.5 Å². The Morgan fingerprint density at radius 2 is 2.12 bits per heavy atom. The lowest BCUT2D eigenvalue weighted by Crippen LogP contribution is -2.01. The second-order valence-electron chi connectivity index (χ2n) is 3.48. The molecule has 0 bridgehead atoms. The molecule has 0 radical (unpaired) electrons. The van der Waals surface area contributed by atoms with Gasteiger partial charge in [-0.15, -0.1) is 11.3 Å². The van der Waals surface area contributed by atoms with E-state index in [9.17, 15) is 0 Å². The first-order chi connectivity index (χ1) is 8.24. The lowest BCUT2D eigenvalue weighted by atomic mass is 10.4. The molecule has 0 aromatic carbocycles. The molecule has 0 unspecified atom stereocenters. The third-order valence-electron chi connectivity index (χ3n) is 2.33. The number of imidazole rings is 1. The maximum absolute atomic E-state index is 5.71. The van der Waals surface area contributed by atoms with Crippen LogP contribution in [-0.2, 0) is 6.54 Å². The minimum absolute atomic E-state index is 0.381. The highest BCUT2D eigenvalue weighted by Crippen LogP contribution is 2.17. The molecule has 8 heteroatoms. The third-order valence-corrected chi connectivity index (χ3v) is 3.05. The molecule has 4 N–H and O–H groups in total. The number of hydrogen-bond donors (Lipinski definition) is 2. The number of rotatable bonds is 2. The standard InChI is InChI=1S/C9H9N7S/c10-7-6-8(13-3-12-7)16(4-14-6)1-5-2-17-9(11)15-5/h2-4H,1H2,(H2,11,15)(H2,10,12,13). The van der Waals surface area contributed by atoms with E-state index < -0.39 is 0 Å². The van der Waals surface area contributed by atoms with Crippen molar-refractivity contribution >= 4 is 33.5 Å². The molecule has 3 rings (SSSR count). The molecule has 0 atom stereocenters. The van der Waals surface area contributed by atoms with Crippen molar-refractivity contribution in [3.05, 3.63) is 23.7 Å². The normalized spacial score (nSPS) is 11.1. The molecule has 7 nitrogen and oxygen atoms in total. The summed E-state index contributed by atoms with van der Waals surface area (Å²) in [6.45, 7) is 0.570. The average molecular weight is 247 g/mol. The Kier molecular flexibility index (Phi) is 2.15. The zero-order chi connectivity index (χ0) is 11.8. The molecule has 0 saturated carbocycles. The number of nitrogens with two attached hydrogens (primary N) is 2. The summed E-state index contributed by atoms with van der Waals surface area (Å²) in [4.78, 5) is 16.4. The Labute approximate surface area is 100 Å². The molecule has 17 heavy (non-hydrogen) atoms. The van der Waals surface area contributed by atoms with E-state index in [0.29, 0.717) is 28.7 Å². The molecule has 3 heterocycles. The predicted molar refractivity (Wildman–Crippen MR) is 65.4 cm³/mol. The van der Waals surface area contributed by atoms with Gasteiger partial charge in [0.25, 0.3) is 0 Å². The lowest BCUT2D eigenvalue weighted by Gasteiger charge is -2.00. The first kappa shape index (κ1) is 9.97. The molecule has 3 aromatic heterocycles. The summed E-state index contributed by atoms with van der Waals surface area (Å²) in [5.41, 5.74) is 13.5. The van der Waals surface area contributed by atoms with Crippen molar-refractivity contribution in [3.8, 4) is 0 Å². The molecule has 0 aliphatic rings. The summed E-state index contributed by atoms with van der Waals surface area (Å²) >= 11 is 1.41. The van der Waals surface area contributed by atoms with Gasteiger partial charge in [0.2, 0.25) is 0 Å². The number of anilines is 2. The second-order valence-corrected chi connectivity index (χ2v) is 4.37. The first-order valence-corrected chi connectivity index (χ1v) is 5.73. The van der Waals surface area contributed by atoms with Crippen molar-refractivity contribution in [2.24, 2.45) is 0 Å². The predicted octanol–water partition coefficient (Wildman–Crippen LogP) is 0.496. The summed E-state index contributed by atoms with van der Waals surface area (Å²) in [6, 6.07) is 0. The number of aromatic nitrogens is 5. The molecule has 0 spiro atoms. The van der Waals surface area contributed by atoms with Gasteiger partial charge in [0.05, 0.1) is 18.6 Å². The number of thiazole rings is 1. The minimum atomic E-state index is 0.381. The molecular weight excluding hydrogens is 238 g/mol. The lowest BCUT2D eigenvalue weighted by molar-refractivity contribution is 0.794. The Bertz CT molecular complexity index is 671. The van der Waals surface area contributed by atoms with Crippen LogP contribution in [0.15, 0.2) is 18.0 Å². The van der Waals surface area contributed by atoms with Gasteiger partial charge in [0, 0.05) is 5.38 Å². The number of nitrogen functional groups attached to an aromatic ring is 2. The van der Waals surface area contributed by atoms with Crippen LogP contribution < -0.4 is 11.5 Å². The number of nitrogens with zero attached hydrogens (tertiary/aromatic N) is 5. The fourth-order valence-corrected chi connectivity index (χ4v) is 2.14. The Morgan fingerprint density at radius 1 is 1.24 bits per heavy atom. The van der Waals surface area contributed by atoms with E-state index in [1.54, 1.807) is 6.33 Å². The highest BCUT2D eigenvalue weighted by atomic mass is 32.1. The topological polar surface area (TPSA) is 109 Å². The minimum Gasteiger partial charge on any atom is -0.382 e. The maximum atomic E-state index is 5.71. The average Bonchev–Trinajstić information content (AvgIpc) is 2.88. The van der Waals surface area contributed by atoms with Crippen molar-refractivity contribution in [3.63, 3.8) is 0 Å². The summed E-state index contributed by atoms with van der Waals surface area (Å²) in [6.07, 6.45) is 3.09. The van der Waals surface area contributed by atoms with E-state index >= 15 is 0 Å². The molecule has 3 aromatic rings. The zero-order valence-corrected chi connectivity index (χ0v) is 9.55. The SMILES string of the molecule is Nc1nc(Cn2cnc3c(N)ncnc32)cs1. The van der Waals surface area contributed by atoms with Gasteiger partial charge in [-0.3, -0.25) is 0 Å². The van der Waals surface area contributed by atoms with Crippen molar-refractivity contribution in [2.75, 3.05) is 11.5 Å². The van der Waals surface area contributed by atoms with E-state index in [1.807, 2.05) is 9.95 Å². The smallest absolute Gasteiger partial charge is 0.180 e. The van der Waals surface area contributed by atoms with Crippen LogP contribution in [0.4, 0.5) is 10.9 Å². The van der Waals surface area contributed by atoms with Gasteiger partial charge >= 0.3 is 0 Å². The summed E-state index contributed by atoms with van der Waals surface area (Å²) < 4.78 is 1.86. The zero-order valence-electron chi connectivity index (χ0n) is 8.74. The van der Waals surface area contributed by atoms with E-state index in [2.05, 4.69) is 19.9 Å². The Balaban J connectivity index is 2.04. The van der Waals surface area contributed by atoms with E-state index in [-0.39, 0.29) is 0 Å². The largest absolute Gasteiger partial charge is 0.382 e. The fourth-order valence-electron chi connectivity index (χ4n) is 1.58. The summed E-state index contributed by atoms with van der Waals surface area (Å²) in [7, 11) is 0. The van der Waals surface area contributed by atoms with Gasteiger partial charge in [0.15, 0.2) is 16.6 Å². The van der Waals surface area contributed by atoms with Crippen LogP contribution in [0.1, 0.15) is 5.69 Å². The van der Waals surface area contributed by atoms with E-state index in [0.717, 1.165) is 5.69 Å². The summed E-state index contributed by atoms with van der Waals surface area (Å²) in [5.74, 6) is 0.381. The monoisotopic (exact) mass is 247 g/mol. The van der Waals surface area contributed by atoms with E-state index in [1.165, 1.54) is 17.7 Å². The van der Waals surface area contributed by atoms with Gasteiger partial charge in [-0.2, -0.15) is 0 Å². The van der Waals surface area contributed by atoms with Gasteiger partial charge in [-0.1, -0.05) is 0 Å². The Morgan fingerprint density at radius 3 is 2.88 bits per heavy atom. The molecule has 0 aliphatic carbocycles. The Hall–Kier alpha value is -2.22. The van der Waals surface area contributed by atoms with Gasteiger partial charge < -0.3 is 16.0 Å². The molecule has 0 fully saturated rings. The first-order valence-electron chi connectivity index (χ1n) is 4.85. The molecule has 0 amide bonds. The van der Waals surface area contributed by atoms with Crippen LogP contribution in [0, 0.1) is 0 Å². The van der Waals surface area contributed by atoms with Crippen molar-refractivity contribution < 1.29 is 0 Å². The van der Waals surface area contributed by atoms with Crippen LogP contribution >= 0.6 is 11.3 Å². The summed E-state index contributed by atoms with van der Waals surface area (Å²) in [5, 5.41) is 2.46. The number of hydrogen-bond acceptors (Lipinski definition) is 7. The molecule has 86 valence electrons. The second kappa shape index (κ2) is 3.67. The molecular formula is C9H9N7S. The number of fused-ring (bicyclic) bond motifs is 1. The van der Waals surface area contributed by atoms with Crippen LogP contribution in [0.25, 0.3) is 11.2 Å². The van der Waals surface area contributed by atoms with Crippen LogP contribution in [0.2, 0.25) is 0 Å².